The van der Waals surface area contributed by atoms with Crippen molar-refractivity contribution in [1.29, 1.82) is 10.5 Å². The van der Waals surface area contributed by atoms with Crippen molar-refractivity contribution in [3.05, 3.63) is 35.4 Å². The molecule has 0 aliphatic rings. The standard InChI is InChI=1S/C12H8FN5/c1-7-12-10(13)2-9(3-11(12)18-17-7)16-6-8(4-14)5-15/h2-3,6,16H,1H3,(H,17,18). The van der Waals surface area contributed by atoms with Crippen LogP contribution >= 0.6 is 0 Å². The van der Waals surface area contributed by atoms with Crippen molar-refractivity contribution in [2.45, 2.75) is 6.92 Å². The number of halogens is 1. The third-order valence-electron chi connectivity index (χ3n) is 2.41. The van der Waals surface area contributed by atoms with E-state index in [1.54, 1.807) is 25.1 Å². The zero-order chi connectivity index (χ0) is 13.1. The summed E-state index contributed by atoms with van der Waals surface area (Å²) in [5.41, 5.74) is 1.47. The van der Waals surface area contributed by atoms with Crippen LogP contribution in [-0.2, 0) is 0 Å². The summed E-state index contributed by atoms with van der Waals surface area (Å²) in [5, 5.41) is 26.9. The molecule has 1 heterocycles. The van der Waals surface area contributed by atoms with E-state index in [4.69, 9.17) is 10.5 Å². The zero-order valence-corrected chi connectivity index (χ0v) is 9.45. The van der Waals surface area contributed by atoms with E-state index in [0.717, 1.165) is 0 Å². The molecule has 0 aliphatic heterocycles. The lowest BCUT2D eigenvalue weighted by atomic mass is 10.2. The minimum atomic E-state index is -0.412. The molecule has 0 aliphatic carbocycles. The average Bonchev–Trinajstić information content (AvgIpc) is 2.73. The molecule has 1 aromatic heterocycles. The zero-order valence-electron chi connectivity index (χ0n) is 9.45. The Morgan fingerprint density at radius 1 is 1.44 bits per heavy atom. The van der Waals surface area contributed by atoms with Crippen LogP contribution in [0.2, 0.25) is 0 Å². The van der Waals surface area contributed by atoms with Crippen LogP contribution in [-0.4, -0.2) is 10.2 Å². The highest BCUT2D eigenvalue weighted by molar-refractivity contribution is 5.85. The number of hydrogen-bond acceptors (Lipinski definition) is 4. The maximum absolute atomic E-state index is 13.8. The van der Waals surface area contributed by atoms with Crippen LogP contribution in [0, 0.1) is 35.4 Å². The first-order valence-corrected chi connectivity index (χ1v) is 5.07. The van der Waals surface area contributed by atoms with Gasteiger partial charge in [-0.1, -0.05) is 0 Å². The molecule has 88 valence electrons. The number of benzene rings is 1. The van der Waals surface area contributed by atoms with Crippen molar-refractivity contribution in [1.82, 2.24) is 10.2 Å². The smallest absolute Gasteiger partial charge is 0.145 e. The van der Waals surface area contributed by atoms with Crippen LogP contribution in [0.25, 0.3) is 10.9 Å². The van der Waals surface area contributed by atoms with E-state index < -0.39 is 5.82 Å². The fourth-order valence-corrected chi connectivity index (χ4v) is 1.58. The lowest BCUT2D eigenvalue weighted by molar-refractivity contribution is 0.640. The molecule has 0 saturated heterocycles. The molecule has 18 heavy (non-hydrogen) atoms. The molecule has 0 atom stereocenters. The number of hydrogen-bond donors (Lipinski definition) is 2. The molecule has 1 aromatic carbocycles. The molecule has 0 spiro atoms. The number of nitrogens with one attached hydrogen (secondary N) is 2. The van der Waals surface area contributed by atoms with Gasteiger partial charge < -0.3 is 5.32 Å². The van der Waals surface area contributed by atoms with E-state index in [2.05, 4.69) is 15.5 Å². The Morgan fingerprint density at radius 3 is 2.83 bits per heavy atom. The molecule has 2 aromatic rings. The first-order valence-electron chi connectivity index (χ1n) is 5.07. The average molecular weight is 241 g/mol. The topological polar surface area (TPSA) is 88.3 Å². The Morgan fingerprint density at radius 2 is 2.17 bits per heavy atom. The van der Waals surface area contributed by atoms with Crippen molar-refractivity contribution in [3.63, 3.8) is 0 Å². The summed E-state index contributed by atoms with van der Waals surface area (Å²) in [5.74, 6) is -0.412. The number of aryl methyl sites for hydroxylation is 1. The molecule has 6 heteroatoms. The largest absolute Gasteiger partial charge is 0.360 e. The summed E-state index contributed by atoms with van der Waals surface area (Å²) in [6, 6.07) is 6.31. The summed E-state index contributed by atoms with van der Waals surface area (Å²) in [4.78, 5) is 0. The van der Waals surface area contributed by atoms with Crippen molar-refractivity contribution >= 4 is 16.6 Å². The molecular weight excluding hydrogens is 233 g/mol. The van der Waals surface area contributed by atoms with Crippen LogP contribution in [0.4, 0.5) is 10.1 Å². The molecule has 0 saturated carbocycles. The number of H-pyrrole nitrogens is 1. The summed E-state index contributed by atoms with van der Waals surface area (Å²) in [6.07, 6.45) is 1.22. The molecule has 0 amide bonds. The fraction of sp³-hybridized carbons (Fsp3) is 0.0833. The van der Waals surface area contributed by atoms with Gasteiger partial charge in [0, 0.05) is 17.6 Å². The van der Waals surface area contributed by atoms with E-state index in [1.165, 1.54) is 12.3 Å². The molecule has 5 nitrogen and oxygen atoms in total. The first-order chi connectivity index (χ1) is 8.65. The molecule has 0 fully saturated rings. The molecule has 0 radical (unpaired) electrons. The van der Waals surface area contributed by atoms with Crippen LogP contribution in [0.5, 0.6) is 0 Å². The third-order valence-corrected chi connectivity index (χ3v) is 2.41. The van der Waals surface area contributed by atoms with Gasteiger partial charge in [0.05, 0.1) is 10.9 Å². The number of rotatable bonds is 2. The van der Waals surface area contributed by atoms with Crippen LogP contribution < -0.4 is 5.32 Å². The van der Waals surface area contributed by atoms with Gasteiger partial charge in [0.25, 0.3) is 0 Å². The highest BCUT2D eigenvalue weighted by Crippen LogP contribution is 2.23. The van der Waals surface area contributed by atoms with Gasteiger partial charge in [0.15, 0.2) is 0 Å². The van der Waals surface area contributed by atoms with E-state index in [0.29, 0.717) is 22.3 Å². The highest BCUT2D eigenvalue weighted by Gasteiger charge is 2.08. The molecular formula is C12H8FN5. The second-order valence-corrected chi connectivity index (χ2v) is 3.63. The van der Waals surface area contributed by atoms with Gasteiger partial charge in [-0.05, 0) is 19.1 Å². The van der Waals surface area contributed by atoms with Gasteiger partial charge >= 0.3 is 0 Å². The number of allylic oxidation sites excluding steroid dienone is 1. The first kappa shape index (κ1) is 11.6. The van der Waals surface area contributed by atoms with E-state index in [1.807, 2.05) is 0 Å². The Hall–Kier alpha value is -2.86. The predicted molar refractivity (Wildman–Crippen MR) is 63.7 cm³/mol. The number of aromatic amines is 1. The van der Waals surface area contributed by atoms with E-state index >= 15 is 0 Å². The Labute approximate surface area is 102 Å². The van der Waals surface area contributed by atoms with Crippen LogP contribution in [0.15, 0.2) is 23.9 Å². The number of fused-ring (bicyclic) bond motifs is 1. The summed E-state index contributed by atoms with van der Waals surface area (Å²) in [7, 11) is 0. The predicted octanol–water partition coefficient (Wildman–Crippen LogP) is 2.35. The number of nitriles is 2. The minimum absolute atomic E-state index is 0.0892. The van der Waals surface area contributed by atoms with Gasteiger partial charge in [-0.25, -0.2) is 4.39 Å². The van der Waals surface area contributed by atoms with E-state index in [9.17, 15) is 4.39 Å². The van der Waals surface area contributed by atoms with Crippen molar-refractivity contribution in [2.75, 3.05) is 5.32 Å². The maximum Gasteiger partial charge on any atom is 0.145 e. The number of aromatic nitrogens is 2. The SMILES string of the molecule is Cc1[nH]nc2cc(NC=C(C#N)C#N)cc(F)c12. The lowest BCUT2D eigenvalue weighted by Crippen LogP contribution is -1.91. The van der Waals surface area contributed by atoms with Crippen molar-refractivity contribution < 1.29 is 4.39 Å². The van der Waals surface area contributed by atoms with Crippen LogP contribution in [0.1, 0.15) is 5.69 Å². The quantitative estimate of drug-likeness (QED) is 0.790. The summed E-state index contributed by atoms with van der Waals surface area (Å²) < 4.78 is 13.8. The Kier molecular flexibility index (Phi) is 2.94. The Bertz CT molecular complexity index is 698. The van der Waals surface area contributed by atoms with Gasteiger partial charge in [-0.15, -0.1) is 0 Å². The lowest BCUT2D eigenvalue weighted by Gasteiger charge is -2.01. The van der Waals surface area contributed by atoms with Gasteiger partial charge in [-0.3, -0.25) is 5.10 Å². The highest BCUT2D eigenvalue weighted by atomic mass is 19.1. The van der Waals surface area contributed by atoms with Gasteiger partial charge in [0.1, 0.15) is 23.5 Å². The molecule has 2 N–H and O–H groups in total. The maximum atomic E-state index is 13.8. The number of anilines is 1. The molecule has 0 unspecified atom stereocenters. The Balaban J connectivity index is 2.40. The number of nitrogens with zero attached hydrogens (tertiary/aromatic N) is 3. The minimum Gasteiger partial charge on any atom is -0.360 e. The van der Waals surface area contributed by atoms with Crippen molar-refractivity contribution in [2.24, 2.45) is 0 Å². The second-order valence-electron chi connectivity index (χ2n) is 3.63. The van der Waals surface area contributed by atoms with E-state index in [-0.39, 0.29) is 5.57 Å². The molecule has 2 rings (SSSR count). The van der Waals surface area contributed by atoms with Gasteiger partial charge in [0.2, 0.25) is 0 Å². The molecule has 0 bridgehead atoms. The third kappa shape index (κ3) is 2.00. The summed E-state index contributed by atoms with van der Waals surface area (Å²) >= 11 is 0. The second kappa shape index (κ2) is 4.56. The van der Waals surface area contributed by atoms with Crippen LogP contribution in [0.3, 0.4) is 0 Å². The fourth-order valence-electron chi connectivity index (χ4n) is 1.58. The normalized spacial score (nSPS) is 9.56. The van der Waals surface area contributed by atoms with Gasteiger partial charge in [-0.2, -0.15) is 15.6 Å². The summed E-state index contributed by atoms with van der Waals surface area (Å²) in [6.45, 7) is 1.73. The monoisotopic (exact) mass is 241 g/mol. The van der Waals surface area contributed by atoms with Crippen molar-refractivity contribution in [3.8, 4) is 12.1 Å².